The highest BCUT2D eigenvalue weighted by Gasteiger charge is 2.30. The zero-order chi connectivity index (χ0) is 16.8. The molecular formula is C23H31F. The van der Waals surface area contributed by atoms with Crippen molar-refractivity contribution in [2.45, 2.75) is 77.0 Å². The third kappa shape index (κ3) is 4.41. The van der Waals surface area contributed by atoms with Crippen LogP contribution in [0.3, 0.4) is 0 Å². The monoisotopic (exact) mass is 326 g/mol. The summed E-state index contributed by atoms with van der Waals surface area (Å²) in [6.07, 6.45) is 15.7. The van der Waals surface area contributed by atoms with Crippen molar-refractivity contribution in [1.82, 2.24) is 0 Å². The molecule has 0 radical (unpaired) electrons. The Morgan fingerprint density at radius 1 is 0.875 bits per heavy atom. The second-order valence-corrected chi connectivity index (χ2v) is 8.02. The van der Waals surface area contributed by atoms with Gasteiger partial charge in [0.2, 0.25) is 0 Å². The van der Waals surface area contributed by atoms with Crippen molar-refractivity contribution in [2.24, 2.45) is 17.8 Å². The smallest absolute Gasteiger partial charge is 0.111 e. The molecule has 0 N–H and O–H groups in total. The highest BCUT2D eigenvalue weighted by molar-refractivity contribution is 5.36. The SMILES string of the molecule is CCC[C@H]1CC[C@H](C2CCC(c3ccc(C#CF)cc3)CC2)CC1. The summed E-state index contributed by atoms with van der Waals surface area (Å²) in [5.41, 5.74) is 2.20. The van der Waals surface area contributed by atoms with Gasteiger partial charge in [-0.05, 0) is 85.8 Å². The van der Waals surface area contributed by atoms with E-state index >= 15 is 0 Å². The van der Waals surface area contributed by atoms with Gasteiger partial charge in [0, 0.05) is 5.56 Å². The van der Waals surface area contributed by atoms with Crippen LogP contribution in [0.4, 0.5) is 4.39 Å². The lowest BCUT2D eigenvalue weighted by Gasteiger charge is -2.38. The standard InChI is InChI=1S/C23H31F/c1-2-3-18-4-8-20(9-5-18)22-12-14-23(15-13-22)21-10-6-19(7-11-21)16-17-24/h6-7,10-11,18,20,22-23H,2-5,8-9,12-15H2,1H3/t18-,20-,22?,23?. The van der Waals surface area contributed by atoms with Gasteiger partial charge < -0.3 is 0 Å². The van der Waals surface area contributed by atoms with Crippen molar-refractivity contribution in [3.8, 4) is 12.1 Å². The second kappa shape index (κ2) is 8.70. The molecule has 0 spiro atoms. The topological polar surface area (TPSA) is 0 Å². The summed E-state index contributed by atoms with van der Waals surface area (Å²) in [6, 6.07) is 8.23. The Morgan fingerprint density at radius 2 is 1.46 bits per heavy atom. The maximum absolute atomic E-state index is 12.1. The van der Waals surface area contributed by atoms with Gasteiger partial charge in [-0.3, -0.25) is 0 Å². The molecule has 24 heavy (non-hydrogen) atoms. The molecule has 2 aliphatic carbocycles. The van der Waals surface area contributed by atoms with Crippen molar-refractivity contribution in [2.75, 3.05) is 0 Å². The van der Waals surface area contributed by atoms with E-state index in [-0.39, 0.29) is 0 Å². The van der Waals surface area contributed by atoms with Gasteiger partial charge in [0.1, 0.15) is 6.17 Å². The Balaban J connectivity index is 1.48. The second-order valence-electron chi connectivity index (χ2n) is 8.02. The molecular weight excluding hydrogens is 295 g/mol. The van der Waals surface area contributed by atoms with E-state index in [0.29, 0.717) is 5.92 Å². The van der Waals surface area contributed by atoms with Crippen molar-refractivity contribution < 1.29 is 4.39 Å². The van der Waals surface area contributed by atoms with Crippen LogP contribution in [0.2, 0.25) is 0 Å². The molecule has 2 saturated carbocycles. The zero-order valence-electron chi connectivity index (χ0n) is 15.1. The molecule has 0 atom stereocenters. The van der Waals surface area contributed by atoms with Crippen LogP contribution in [0.15, 0.2) is 24.3 Å². The van der Waals surface area contributed by atoms with Gasteiger partial charge in [-0.1, -0.05) is 44.7 Å². The van der Waals surface area contributed by atoms with E-state index in [4.69, 9.17) is 0 Å². The molecule has 1 aromatic rings. The van der Waals surface area contributed by atoms with Gasteiger partial charge in [-0.2, -0.15) is 0 Å². The first-order chi connectivity index (χ1) is 11.8. The van der Waals surface area contributed by atoms with Gasteiger partial charge in [-0.25, -0.2) is 0 Å². The lowest BCUT2D eigenvalue weighted by atomic mass is 9.68. The van der Waals surface area contributed by atoms with E-state index in [1.807, 2.05) is 12.1 Å². The predicted octanol–water partition coefficient (Wildman–Crippen LogP) is 6.85. The molecule has 130 valence electrons. The normalized spacial score (nSPS) is 30.4. The first-order valence-corrected chi connectivity index (χ1v) is 10.0. The molecule has 0 heterocycles. The Kier molecular flexibility index (Phi) is 6.36. The fourth-order valence-corrected chi connectivity index (χ4v) is 5.17. The van der Waals surface area contributed by atoms with Gasteiger partial charge in [0.15, 0.2) is 0 Å². The summed E-state index contributed by atoms with van der Waals surface area (Å²) >= 11 is 0. The molecule has 2 fully saturated rings. The molecule has 1 heteroatoms. The molecule has 0 nitrogen and oxygen atoms in total. The average Bonchev–Trinajstić information content (AvgIpc) is 2.64. The van der Waals surface area contributed by atoms with E-state index in [1.165, 1.54) is 75.9 Å². The molecule has 0 bridgehead atoms. The number of benzene rings is 1. The van der Waals surface area contributed by atoms with E-state index in [9.17, 15) is 4.39 Å². The number of hydrogen-bond acceptors (Lipinski definition) is 0. The molecule has 3 rings (SSSR count). The lowest BCUT2D eigenvalue weighted by molar-refractivity contribution is 0.156. The van der Waals surface area contributed by atoms with Crippen LogP contribution in [-0.2, 0) is 0 Å². The molecule has 0 unspecified atom stereocenters. The van der Waals surface area contributed by atoms with Crippen LogP contribution in [-0.4, -0.2) is 0 Å². The maximum Gasteiger partial charge on any atom is 0.111 e. The quantitative estimate of drug-likeness (QED) is 0.531. The third-order valence-electron chi connectivity index (χ3n) is 6.60. The number of hydrogen-bond donors (Lipinski definition) is 0. The highest BCUT2D eigenvalue weighted by atomic mass is 19.1. The first kappa shape index (κ1) is 17.5. The van der Waals surface area contributed by atoms with Gasteiger partial charge in [0.25, 0.3) is 0 Å². The average molecular weight is 326 g/mol. The first-order valence-electron chi connectivity index (χ1n) is 10.0. The summed E-state index contributed by atoms with van der Waals surface area (Å²) in [7, 11) is 0. The van der Waals surface area contributed by atoms with Crippen molar-refractivity contribution in [1.29, 1.82) is 0 Å². The Morgan fingerprint density at radius 3 is 2.00 bits per heavy atom. The maximum atomic E-state index is 12.1. The molecule has 0 amide bonds. The van der Waals surface area contributed by atoms with Crippen LogP contribution < -0.4 is 0 Å². The minimum Gasteiger partial charge on any atom is -0.144 e. The summed E-state index contributed by atoms with van der Waals surface area (Å²) in [5.74, 6) is 6.18. The molecule has 1 aromatic carbocycles. The van der Waals surface area contributed by atoms with Crippen molar-refractivity contribution >= 4 is 0 Å². The van der Waals surface area contributed by atoms with Gasteiger partial charge in [-0.15, -0.1) is 4.39 Å². The van der Waals surface area contributed by atoms with Crippen LogP contribution >= 0.6 is 0 Å². The van der Waals surface area contributed by atoms with Crippen LogP contribution in [0, 0.1) is 29.8 Å². The summed E-state index contributed by atoms with van der Waals surface area (Å²) < 4.78 is 12.1. The van der Waals surface area contributed by atoms with E-state index in [2.05, 4.69) is 25.0 Å². The predicted molar refractivity (Wildman–Crippen MR) is 99.5 cm³/mol. The Hall–Kier alpha value is -1.29. The number of halogens is 1. The molecule has 0 aliphatic heterocycles. The minimum atomic E-state index is 0.699. The molecule has 0 aromatic heterocycles. The highest BCUT2D eigenvalue weighted by Crippen LogP contribution is 2.44. The van der Waals surface area contributed by atoms with Crippen LogP contribution in [0.5, 0.6) is 0 Å². The van der Waals surface area contributed by atoms with Gasteiger partial charge >= 0.3 is 0 Å². The summed E-state index contributed by atoms with van der Waals surface area (Å²) in [6.45, 7) is 2.32. The third-order valence-corrected chi connectivity index (χ3v) is 6.60. The van der Waals surface area contributed by atoms with E-state index < -0.39 is 0 Å². The zero-order valence-corrected chi connectivity index (χ0v) is 15.1. The fraction of sp³-hybridized carbons (Fsp3) is 0.652. The number of rotatable bonds is 4. The summed E-state index contributed by atoms with van der Waals surface area (Å²) in [5, 5.41) is 0. The van der Waals surface area contributed by atoms with Crippen LogP contribution in [0.1, 0.15) is 88.2 Å². The van der Waals surface area contributed by atoms with Crippen molar-refractivity contribution in [3.05, 3.63) is 35.4 Å². The lowest BCUT2D eigenvalue weighted by Crippen LogP contribution is -2.25. The van der Waals surface area contributed by atoms with Crippen LogP contribution in [0.25, 0.3) is 0 Å². The Labute approximate surface area is 147 Å². The molecule has 0 saturated heterocycles. The summed E-state index contributed by atoms with van der Waals surface area (Å²) in [4.78, 5) is 0. The minimum absolute atomic E-state index is 0.699. The van der Waals surface area contributed by atoms with E-state index in [0.717, 1.165) is 23.3 Å². The largest absolute Gasteiger partial charge is 0.144 e. The van der Waals surface area contributed by atoms with Crippen molar-refractivity contribution in [3.63, 3.8) is 0 Å². The van der Waals surface area contributed by atoms with Gasteiger partial charge in [0.05, 0.1) is 0 Å². The van der Waals surface area contributed by atoms with E-state index in [1.54, 1.807) is 0 Å². The molecule has 2 aliphatic rings. The Bertz CT molecular complexity index is 546. The fourth-order valence-electron chi connectivity index (χ4n) is 5.17.